The molecule has 0 amide bonds. The van der Waals surface area contributed by atoms with Crippen molar-refractivity contribution < 1.29 is 4.58 Å². The van der Waals surface area contributed by atoms with Crippen LogP contribution in [0.15, 0.2) is 96.7 Å². The summed E-state index contributed by atoms with van der Waals surface area (Å²) in [6.45, 7) is 12.6. The van der Waals surface area contributed by atoms with Crippen LogP contribution in [0.4, 0.5) is 11.4 Å². The third kappa shape index (κ3) is 3.07. The number of rotatable bonds is 3. The molecule has 0 N–H and O–H groups in total. The van der Waals surface area contributed by atoms with Gasteiger partial charge in [0.15, 0.2) is 5.71 Å². The zero-order chi connectivity index (χ0) is 25.2. The SMILES string of the molecule is CCN1C(=CC=CC2=[N+](C)c3c(ccc4ccccc34)C2(C)C)C(C)(C)c2ccc3ccccc3c21. The van der Waals surface area contributed by atoms with E-state index in [0.717, 1.165) is 6.54 Å². The highest BCUT2D eigenvalue weighted by Crippen LogP contribution is 2.50. The number of anilines is 1. The lowest BCUT2D eigenvalue weighted by molar-refractivity contribution is -0.399. The van der Waals surface area contributed by atoms with E-state index >= 15 is 0 Å². The topological polar surface area (TPSA) is 6.25 Å². The molecule has 2 nitrogen and oxygen atoms in total. The van der Waals surface area contributed by atoms with Crippen LogP contribution in [-0.4, -0.2) is 23.9 Å². The fourth-order valence-electron chi connectivity index (χ4n) is 6.62. The van der Waals surface area contributed by atoms with Crippen LogP contribution in [0.3, 0.4) is 0 Å². The first kappa shape index (κ1) is 22.8. The number of fused-ring (bicyclic) bond motifs is 6. The largest absolute Gasteiger partial charge is 0.344 e. The first-order chi connectivity index (χ1) is 17.3. The van der Waals surface area contributed by atoms with Crippen molar-refractivity contribution in [2.24, 2.45) is 0 Å². The van der Waals surface area contributed by atoms with Gasteiger partial charge in [-0.25, -0.2) is 0 Å². The Morgan fingerprint density at radius 2 is 1.36 bits per heavy atom. The minimum absolute atomic E-state index is 0.0549. The third-order valence-electron chi connectivity index (χ3n) is 8.51. The lowest BCUT2D eigenvalue weighted by Gasteiger charge is -2.26. The van der Waals surface area contributed by atoms with Gasteiger partial charge in [-0.05, 0) is 49.2 Å². The number of benzene rings is 4. The van der Waals surface area contributed by atoms with Gasteiger partial charge < -0.3 is 4.90 Å². The fraction of sp³-hybridized carbons (Fsp3) is 0.265. The molecule has 0 aliphatic carbocycles. The van der Waals surface area contributed by atoms with Crippen molar-refractivity contribution in [1.82, 2.24) is 0 Å². The summed E-state index contributed by atoms with van der Waals surface area (Å²) in [6.07, 6.45) is 6.94. The third-order valence-corrected chi connectivity index (χ3v) is 8.51. The second-order valence-electron chi connectivity index (χ2n) is 11.2. The van der Waals surface area contributed by atoms with Gasteiger partial charge in [-0.2, -0.15) is 4.58 Å². The number of nitrogens with zero attached hydrogens (tertiary/aromatic N) is 2. The molecule has 2 heterocycles. The molecule has 36 heavy (non-hydrogen) atoms. The van der Waals surface area contributed by atoms with E-state index in [4.69, 9.17) is 0 Å². The molecule has 0 radical (unpaired) electrons. The molecule has 0 spiro atoms. The van der Waals surface area contributed by atoms with Gasteiger partial charge in [0.1, 0.15) is 7.05 Å². The standard InChI is InChI=1S/C34H35N2/c1-7-36-30(34(4,5)28-22-20-24-14-9-11-16-26(24)32(28)36)18-12-17-29-33(2,3)27-21-19-23-13-8-10-15-25(23)31(27)35(29)6/h8-22H,7H2,1-6H3/q+1. The maximum absolute atomic E-state index is 2.51. The Morgan fingerprint density at radius 3 is 2.06 bits per heavy atom. The molecule has 4 aromatic rings. The van der Waals surface area contributed by atoms with Gasteiger partial charge in [0.25, 0.3) is 0 Å². The van der Waals surface area contributed by atoms with Crippen LogP contribution < -0.4 is 4.90 Å². The lowest BCUT2D eigenvalue weighted by atomic mass is 9.80. The van der Waals surface area contributed by atoms with E-state index in [1.165, 1.54) is 55.5 Å². The predicted molar refractivity (Wildman–Crippen MR) is 155 cm³/mol. The minimum atomic E-state index is -0.0576. The Kier molecular flexibility index (Phi) is 5.02. The van der Waals surface area contributed by atoms with E-state index in [2.05, 4.69) is 142 Å². The molecule has 0 saturated carbocycles. The molecule has 0 fully saturated rings. The summed E-state index contributed by atoms with van der Waals surface area (Å²) in [4.78, 5) is 2.51. The van der Waals surface area contributed by atoms with Crippen LogP contribution in [0.25, 0.3) is 21.5 Å². The van der Waals surface area contributed by atoms with Crippen LogP contribution in [0.2, 0.25) is 0 Å². The first-order valence-electron chi connectivity index (χ1n) is 13.1. The van der Waals surface area contributed by atoms with E-state index < -0.39 is 0 Å². The van der Waals surface area contributed by atoms with Gasteiger partial charge in [0.2, 0.25) is 5.69 Å². The minimum Gasteiger partial charge on any atom is -0.344 e. The molecule has 0 unspecified atom stereocenters. The van der Waals surface area contributed by atoms with Crippen LogP contribution in [0.1, 0.15) is 45.7 Å². The predicted octanol–water partition coefficient (Wildman–Crippen LogP) is 8.26. The highest BCUT2D eigenvalue weighted by atomic mass is 15.2. The van der Waals surface area contributed by atoms with Crippen molar-refractivity contribution in [3.63, 3.8) is 0 Å². The molecular weight excluding hydrogens is 436 g/mol. The zero-order valence-corrected chi connectivity index (χ0v) is 22.3. The molecule has 4 aromatic carbocycles. The second-order valence-corrected chi connectivity index (χ2v) is 11.2. The normalized spacial score (nSPS) is 19.2. The van der Waals surface area contributed by atoms with Crippen LogP contribution in [0.5, 0.6) is 0 Å². The Bertz CT molecular complexity index is 1630. The van der Waals surface area contributed by atoms with Crippen LogP contribution >= 0.6 is 0 Å². The van der Waals surface area contributed by atoms with Crippen molar-refractivity contribution >= 4 is 38.6 Å². The van der Waals surface area contributed by atoms with Crippen LogP contribution in [0, 0.1) is 0 Å². The van der Waals surface area contributed by atoms with Crippen molar-refractivity contribution in [3.8, 4) is 0 Å². The fourth-order valence-corrected chi connectivity index (χ4v) is 6.62. The van der Waals surface area contributed by atoms with E-state index in [-0.39, 0.29) is 10.8 Å². The average Bonchev–Trinajstić information content (AvgIpc) is 3.22. The maximum Gasteiger partial charge on any atom is 0.217 e. The lowest BCUT2D eigenvalue weighted by Crippen LogP contribution is -2.27. The molecule has 180 valence electrons. The molecule has 0 atom stereocenters. The average molecular weight is 472 g/mol. The quantitative estimate of drug-likeness (QED) is 0.273. The van der Waals surface area contributed by atoms with Crippen molar-refractivity contribution in [2.45, 2.75) is 45.4 Å². The summed E-state index contributed by atoms with van der Waals surface area (Å²) < 4.78 is 2.40. The summed E-state index contributed by atoms with van der Waals surface area (Å²) >= 11 is 0. The van der Waals surface area contributed by atoms with Gasteiger partial charge in [-0.1, -0.05) is 86.7 Å². The Balaban J connectivity index is 1.45. The summed E-state index contributed by atoms with van der Waals surface area (Å²) in [7, 11) is 2.21. The molecular formula is C34H35N2+. The van der Waals surface area contributed by atoms with E-state index in [0.29, 0.717) is 0 Å². The summed E-state index contributed by atoms with van der Waals surface area (Å²) in [5.74, 6) is 0. The number of hydrogen-bond donors (Lipinski definition) is 0. The molecule has 0 saturated heterocycles. The monoisotopic (exact) mass is 471 g/mol. The van der Waals surface area contributed by atoms with Crippen molar-refractivity contribution in [1.29, 1.82) is 0 Å². The van der Waals surface area contributed by atoms with Gasteiger partial charge in [-0.15, -0.1) is 0 Å². The zero-order valence-electron chi connectivity index (χ0n) is 22.3. The maximum atomic E-state index is 2.51. The molecule has 0 bridgehead atoms. The molecule has 2 aliphatic heterocycles. The van der Waals surface area contributed by atoms with Gasteiger partial charge in [0.05, 0.1) is 16.5 Å². The van der Waals surface area contributed by atoms with Crippen molar-refractivity contribution in [2.75, 3.05) is 18.5 Å². The molecule has 6 rings (SSSR count). The Hall–Kier alpha value is -3.65. The van der Waals surface area contributed by atoms with E-state index in [9.17, 15) is 0 Å². The van der Waals surface area contributed by atoms with Crippen LogP contribution in [-0.2, 0) is 10.8 Å². The van der Waals surface area contributed by atoms with Gasteiger partial charge in [-0.3, -0.25) is 0 Å². The van der Waals surface area contributed by atoms with Crippen molar-refractivity contribution in [3.05, 3.63) is 108 Å². The Morgan fingerprint density at radius 1 is 0.750 bits per heavy atom. The highest BCUT2D eigenvalue weighted by molar-refractivity contribution is 6.07. The molecule has 2 aliphatic rings. The number of likely N-dealkylation sites (N-methyl/N-ethyl adjacent to an activating group) is 1. The van der Waals surface area contributed by atoms with E-state index in [1.54, 1.807) is 0 Å². The molecule has 2 heteroatoms. The molecule has 0 aromatic heterocycles. The van der Waals surface area contributed by atoms with Gasteiger partial charge in [0, 0.05) is 34.7 Å². The number of hydrogen-bond acceptors (Lipinski definition) is 1. The van der Waals surface area contributed by atoms with E-state index in [1.807, 2.05) is 0 Å². The Labute approximate surface area is 214 Å². The first-order valence-corrected chi connectivity index (χ1v) is 13.1. The second kappa shape index (κ2) is 7.93. The number of allylic oxidation sites excluding steroid dienone is 4. The van der Waals surface area contributed by atoms with Gasteiger partial charge >= 0.3 is 0 Å². The summed E-state index contributed by atoms with van der Waals surface area (Å²) in [5, 5.41) is 5.26. The summed E-state index contributed by atoms with van der Waals surface area (Å²) in [6, 6.07) is 26.7. The highest BCUT2D eigenvalue weighted by Gasteiger charge is 2.44. The smallest absolute Gasteiger partial charge is 0.217 e. The summed E-state index contributed by atoms with van der Waals surface area (Å²) in [5.41, 5.74) is 8.07.